The molecule has 0 saturated carbocycles. The monoisotopic (exact) mass is 378 g/mol. The van der Waals surface area contributed by atoms with E-state index in [4.69, 9.17) is 16.7 Å². The molecule has 2 aromatic rings. The molecule has 0 aliphatic carbocycles. The van der Waals surface area contributed by atoms with Gasteiger partial charge in [-0.3, -0.25) is 0 Å². The van der Waals surface area contributed by atoms with Crippen LogP contribution in [0.5, 0.6) is 0 Å². The SMILES string of the molecule is O=C(O)c1cccc(-c2c(Br)ccc(C(F)(F)F)c2Cl)c1. The Bertz CT molecular complexity index is 714. The maximum atomic E-state index is 12.9. The number of carbonyl (C=O) groups is 1. The number of halogens is 5. The van der Waals surface area contributed by atoms with Gasteiger partial charge in [0.15, 0.2) is 0 Å². The molecule has 2 rings (SSSR count). The summed E-state index contributed by atoms with van der Waals surface area (Å²) < 4.78 is 39.0. The van der Waals surface area contributed by atoms with Crippen LogP contribution in [-0.2, 0) is 6.18 Å². The minimum absolute atomic E-state index is 0.0344. The van der Waals surface area contributed by atoms with Gasteiger partial charge in [0.05, 0.1) is 16.1 Å². The Morgan fingerprint density at radius 1 is 1.19 bits per heavy atom. The third kappa shape index (κ3) is 3.22. The van der Waals surface area contributed by atoms with Crippen LogP contribution in [0, 0.1) is 0 Å². The second kappa shape index (κ2) is 5.69. The summed E-state index contributed by atoms with van der Waals surface area (Å²) in [6.45, 7) is 0. The number of hydrogen-bond acceptors (Lipinski definition) is 1. The van der Waals surface area contributed by atoms with E-state index in [1.54, 1.807) is 0 Å². The van der Waals surface area contributed by atoms with E-state index in [1.165, 1.54) is 30.3 Å². The summed E-state index contributed by atoms with van der Waals surface area (Å²) in [7, 11) is 0. The number of aromatic carboxylic acids is 1. The average molecular weight is 380 g/mol. The van der Waals surface area contributed by atoms with E-state index in [0.29, 0.717) is 4.47 Å². The molecule has 2 nitrogen and oxygen atoms in total. The first-order valence-electron chi connectivity index (χ1n) is 5.60. The highest BCUT2D eigenvalue weighted by molar-refractivity contribution is 9.10. The predicted molar refractivity (Wildman–Crippen MR) is 76.5 cm³/mol. The Kier molecular flexibility index (Phi) is 4.30. The van der Waals surface area contributed by atoms with Crippen molar-refractivity contribution in [3.63, 3.8) is 0 Å². The zero-order valence-electron chi connectivity index (χ0n) is 10.2. The van der Waals surface area contributed by atoms with Gasteiger partial charge in [0.1, 0.15) is 0 Å². The fourth-order valence-corrected chi connectivity index (χ4v) is 2.90. The Morgan fingerprint density at radius 3 is 2.43 bits per heavy atom. The lowest BCUT2D eigenvalue weighted by Crippen LogP contribution is -2.06. The van der Waals surface area contributed by atoms with Crippen LogP contribution >= 0.6 is 27.5 Å². The molecule has 2 aromatic carbocycles. The second-order valence-electron chi connectivity index (χ2n) is 4.17. The molecule has 0 aliphatic heterocycles. The van der Waals surface area contributed by atoms with E-state index in [9.17, 15) is 18.0 Å². The van der Waals surface area contributed by atoms with Crippen molar-refractivity contribution < 1.29 is 23.1 Å². The third-order valence-electron chi connectivity index (χ3n) is 2.79. The normalized spacial score (nSPS) is 11.5. The van der Waals surface area contributed by atoms with Crippen molar-refractivity contribution in [3.05, 3.63) is 57.0 Å². The van der Waals surface area contributed by atoms with Gasteiger partial charge in [0.2, 0.25) is 0 Å². The summed E-state index contributed by atoms with van der Waals surface area (Å²) in [4.78, 5) is 11.0. The Labute approximate surface area is 131 Å². The lowest BCUT2D eigenvalue weighted by molar-refractivity contribution is -0.137. The van der Waals surface area contributed by atoms with Crippen molar-refractivity contribution in [3.8, 4) is 11.1 Å². The molecule has 1 N–H and O–H groups in total. The standard InChI is InChI=1S/C14H7BrClF3O2/c15-10-5-4-9(14(17,18)19)12(16)11(10)7-2-1-3-8(6-7)13(20)21/h1-6H,(H,20,21). The summed E-state index contributed by atoms with van der Waals surface area (Å²) in [5, 5.41) is 8.48. The molecular formula is C14H7BrClF3O2. The van der Waals surface area contributed by atoms with Crippen molar-refractivity contribution in [2.24, 2.45) is 0 Å². The summed E-state index contributed by atoms with van der Waals surface area (Å²) in [5.41, 5.74) is -0.608. The quantitative estimate of drug-likeness (QED) is 0.749. The fraction of sp³-hybridized carbons (Fsp3) is 0.0714. The highest BCUT2D eigenvalue weighted by Gasteiger charge is 2.34. The lowest BCUT2D eigenvalue weighted by atomic mass is 10.0. The van der Waals surface area contributed by atoms with Crippen LogP contribution in [0.1, 0.15) is 15.9 Å². The van der Waals surface area contributed by atoms with E-state index in [0.717, 1.165) is 6.07 Å². The van der Waals surface area contributed by atoms with Crippen LogP contribution in [0.4, 0.5) is 13.2 Å². The van der Waals surface area contributed by atoms with Crippen molar-refractivity contribution in [2.75, 3.05) is 0 Å². The zero-order chi connectivity index (χ0) is 15.8. The minimum atomic E-state index is -4.59. The average Bonchev–Trinajstić information content (AvgIpc) is 2.37. The maximum Gasteiger partial charge on any atom is 0.417 e. The number of alkyl halides is 3. The Morgan fingerprint density at radius 2 is 1.86 bits per heavy atom. The molecule has 0 aliphatic rings. The molecule has 0 radical (unpaired) electrons. The van der Waals surface area contributed by atoms with Gasteiger partial charge in [-0.25, -0.2) is 4.79 Å². The van der Waals surface area contributed by atoms with Crippen LogP contribution in [0.3, 0.4) is 0 Å². The molecule has 0 atom stereocenters. The van der Waals surface area contributed by atoms with E-state index in [1.807, 2.05) is 0 Å². The van der Waals surface area contributed by atoms with E-state index in [2.05, 4.69) is 15.9 Å². The van der Waals surface area contributed by atoms with Crippen LogP contribution in [0.25, 0.3) is 11.1 Å². The first kappa shape index (κ1) is 15.9. The zero-order valence-corrected chi connectivity index (χ0v) is 12.6. The van der Waals surface area contributed by atoms with Gasteiger partial charge in [-0.2, -0.15) is 13.2 Å². The van der Waals surface area contributed by atoms with Crippen LogP contribution in [0.15, 0.2) is 40.9 Å². The number of carboxylic acid groups (broad SMARTS) is 1. The largest absolute Gasteiger partial charge is 0.478 e. The number of benzene rings is 2. The van der Waals surface area contributed by atoms with Gasteiger partial charge in [-0.15, -0.1) is 0 Å². The highest BCUT2D eigenvalue weighted by Crippen LogP contribution is 2.43. The van der Waals surface area contributed by atoms with E-state index in [-0.39, 0.29) is 16.7 Å². The topological polar surface area (TPSA) is 37.3 Å². The molecular weight excluding hydrogens is 373 g/mol. The van der Waals surface area contributed by atoms with Gasteiger partial charge < -0.3 is 5.11 Å². The lowest BCUT2D eigenvalue weighted by Gasteiger charge is -2.14. The van der Waals surface area contributed by atoms with Gasteiger partial charge in [-0.05, 0) is 29.8 Å². The van der Waals surface area contributed by atoms with Crippen molar-refractivity contribution in [2.45, 2.75) is 6.18 Å². The first-order valence-corrected chi connectivity index (χ1v) is 6.78. The van der Waals surface area contributed by atoms with Crippen molar-refractivity contribution >= 4 is 33.5 Å². The first-order chi connectivity index (χ1) is 9.71. The summed E-state index contributed by atoms with van der Waals surface area (Å²) >= 11 is 9.01. The number of hydrogen-bond donors (Lipinski definition) is 1. The molecule has 0 spiro atoms. The summed E-state index contributed by atoms with van der Waals surface area (Å²) in [6, 6.07) is 7.67. The van der Waals surface area contributed by atoms with Crippen LogP contribution in [0.2, 0.25) is 5.02 Å². The van der Waals surface area contributed by atoms with E-state index < -0.39 is 22.7 Å². The molecule has 0 saturated heterocycles. The fourth-order valence-electron chi connectivity index (χ4n) is 1.84. The van der Waals surface area contributed by atoms with Gasteiger partial charge in [-0.1, -0.05) is 39.7 Å². The Balaban J connectivity index is 2.69. The highest BCUT2D eigenvalue weighted by atomic mass is 79.9. The number of rotatable bonds is 2. The van der Waals surface area contributed by atoms with Crippen LogP contribution in [-0.4, -0.2) is 11.1 Å². The molecule has 0 unspecified atom stereocenters. The van der Waals surface area contributed by atoms with Crippen molar-refractivity contribution in [1.29, 1.82) is 0 Å². The second-order valence-corrected chi connectivity index (χ2v) is 5.40. The molecule has 0 bridgehead atoms. The number of carboxylic acids is 1. The molecule has 0 fully saturated rings. The summed E-state index contributed by atoms with van der Waals surface area (Å²) in [5.74, 6) is -1.17. The molecule has 0 heterocycles. The molecule has 0 aromatic heterocycles. The minimum Gasteiger partial charge on any atom is -0.478 e. The summed E-state index contributed by atoms with van der Waals surface area (Å²) in [6.07, 6.45) is -4.59. The third-order valence-corrected chi connectivity index (χ3v) is 3.85. The maximum absolute atomic E-state index is 12.9. The van der Waals surface area contributed by atoms with Gasteiger partial charge in [0, 0.05) is 10.0 Å². The van der Waals surface area contributed by atoms with Gasteiger partial charge >= 0.3 is 12.1 Å². The smallest absolute Gasteiger partial charge is 0.417 e. The molecule has 21 heavy (non-hydrogen) atoms. The Hall–Kier alpha value is -1.53. The van der Waals surface area contributed by atoms with E-state index >= 15 is 0 Å². The van der Waals surface area contributed by atoms with Crippen LogP contribution < -0.4 is 0 Å². The molecule has 110 valence electrons. The van der Waals surface area contributed by atoms with Crippen molar-refractivity contribution in [1.82, 2.24) is 0 Å². The predicted octanol–water partition coefficient (Wildman–Crippen LogP) is 5.49. The van der Waals surface area contributed by atoms with Gasteiger partial charge in [0.25, 0.3) is 0 Å². The molecule has 7 heteroatoms. The molecule has 0 amide bonds.